The third-order valence-electron chi connectivity index (χ3n) is 3.35. The van der Waals surface area contributed by atoms with Crippen molar-refractivity contribution in [2.75, 3.05) is 12.4 Å². The molecule has 120 valence electrons. The number of hydrogen-bond acceptors (Lipinski definition) is 5. The van der Waals surface area contributed by atoms with E-state index in [0.717, 1.165) is 12.1 Å². The first-order valence-electron chi connectivity index (χ1n) is 6.57. The highest BCUT2D eigenvalue weighted by atomic mass is 32.1. The monoisotopic (exact) mass is 340 g/mol. The average Bonchev–Trinajstić information content (AvgIpc) is 3.01. The van der Waals surface area contributed by atoms with Crippen molar-refractivity contribution in [3.63, 3.8) is 0 Å². The predicted molar refractivity (Wildman–Crippen MR) is 81.8 cm³/mol. The van der Waals surface area contributed by atoms with Crippen LogP contribution in [-0.4, -0.2) is 21.6 Å². The lowest BCUT2D eigenvalue weighted by Gasteiger charge is -2.14. The molecule has 0 saturated heterocycles. The molecule has 2 aromatic heterocycles. The number of fused-ring (bicyclic) bond motifs is 1. The van der Waals surface area contributed by atoms with Crippen molar-refractivity contribution in [3.05, 3.63) is 50.8 Å². The minimum Gasteiger partial charge on any atom is -0.372 e. The van der Waals surface area contributed by atoms with Crippen LogP contribution in [0.1, 0.15) is 11.3 Å². The Morgan fingerprint density at radius 3 is 2.74 bits per heavy atom. The normalized spacial score (nSPS) is 11.8. The van der Waals surface area contributed by atoms with Crippen molar-refractivity contribution in [2.45, 2.75) is 12.7 Å². The van der Waals surface area contributed by atoms with Crippen molar-refractivity contribution in [2.24, 2.45) is 0 Å². The molecule has 0 spiro atoms. The highest BCUT2D eigenvalue weighted by molar-refractivity contribution is 7.07. The fourth-order valence-electron chi connectivity index (χ4n) is 2.27. The average molecular weight is 340 g/mol. The van der Waals surface area contributed by atoms with E-state index in [2.05, 4.69) is 15.3 Å². The zero-order valence-corrected chi connectivity index (χ0v) is 12.7. The van der Waals surface area contributed by atoms with Crippen LogP contribution in [-0.2, 0) is 12.7 Å². The lowest BCUT2D eigenvalue weighted by atomic mass is 10.1. The standard InChI is InChI=1S/C14H11F3N4OS/c1-18-12-10-3-2-8(14(15,16)17)4-11(10)21(13(22)20-12)5-9-6-23-7-19-9/h2-4,6-7H,5H2,1H3,(H,18,20,22). The summed E-state index contributed by atoms with van der Waals surface area (Å²) in [5.41, 5.74) is 0.907. The van der Waals surface area contributed by atoms with Gasteiger partial charge in [0.25, 0.3) is 0 Å². The van der Waals surface area contributed by atoms with Crippen LogP contribution in [0.15, 0.2) is 33.9 Å². The highest BCUT2D eigenvalue weighted by Gasteiger charge is 2.31. The van der Waals surface area contributed by atoms with Gasteiger partial charge in [0.05, 0.1) is 28.8 Å². The van der Waals surface area contributed by atoms with Gasteiger partial charge in [-0.2, -0.15) is 18.2 Å². The number of halogens is 3. The summed E-state index contributed by atoms with van der Waals surface area (Å²) in [4.78, 5) is 20.2. The van der Waals surface area contributed by atoms with Crippen LogP contribution in [0.3, 0.4) is 0 Å². The molecule has 1 aromatic carbocycles. The summed E-state index contributed by atoms with van der Waals surface area (Å²) in [6.07, 6.45) is -4.49. The van der Waals surface area contributed by atoms with E-state index in [0.29, 0.717) is 11.1 Å². The largest absolute Gasteiger partial charge is 0.416 e. The summed E-state index contributed by atoms with van der Waals surface area (Å²) in [7, 11) is 1.56. The number of anilines is 1. The van der Waals surface area contributed by atoms with E-state index in [4.69, 9.17) is 0 Å². The van der Waals surface area contributed by atoms with Gasteiger partial charge in [0.15, 0.2) is 0 Å². The molecule has 1 N–H and O–H groups in total. The lowest BCUT2D eigenvalue weighted by Crippen LogP contribution is -2.25. The molecule has 0 aliphatic rings. The fraction of sp³-hybridized carbons (Fsp3) is 0.214. The van der Waals surface area contributed by atoms with Crippen molar-refractivity contribution >= 4 is 28.1 Å². The van der Waals surface area contributed by atoms with Crippen LogP contribution >= 0.6 is 11.3 Å². The molecule has 2 heterocycles. The molecule has 0 aliphatic carbocycles. The molecule has 0 amide bonds. The minimum atomic E-state index is -4.49. The summed E-state index contributed by atoms with van der Waals surface area (Å²) in [6, 6.07) is 3.25. The van der Waals surface area contributed by atoms with E-state index >= 15 is 0 Å². The van der Waals surface area contributed by atoms with E-state index < -0.39 is 17.4 Å². The molecule has 0 atom stereocenters. The van der Waals surface area contributed by atoms with Gasteiger partial charge in [-0.1, -0.05) is 0 Å². The van der Waals surface area contributed by atoms with Crippen LogP contribution < -0.4 is 11.0 Å². The van der Waals surface area contributed by atoms with Gasteiger partial charge < -0.3 is 5.32 Å². The molecule has 3 aromatic rings. The first-order chi connectivity index (χ1) is 10.9. The molecular weight excluding hydrogens is 329 g/mol. The molecule has 3 rings (SSSR count). The second-order valence-electron chi connectivity index (χ2n) is 4.79. The number of rotatable bonds is 3. The van der Waals surface area contributed by atoms with Gasteiger partial charge in [-0.05, 0) is 18.2 Å². The predicted octanol–water partition coefficient (Wildman–Crippen LogP) is 2.96. The van der Waals surface area contributed by atoms with Gasteiger partial charge in [-0.15, -0.1) is 11.3 Å². The Morgan fingerprint density at radius 1 is 1.35 bits per heavy atom. The van der Waals surface area contributed by atoms with Crippen LogP contribution in [0.5, 0.6) is 0 Å². The van der Waals surface area contributed by atoms with E-state index in [-0.39, 0.29) is 17.9 Å². The van der Waals surface area contributed by atoms with Gasteiger partial charge in [-0.3, -0.25) is 4.57 Å². The van der Waals surface area contributed by atoms with E-state index in [9.17, 15) is 18.0 Å². The molecule has 5 nitrogen and oxygen atoms in total. The molecule has 0 fully saturated rings. The fourth-order valence-corrected chi connectivity index (χ4v) is 2.82. The van der Waals surface area contributed by atoms with Gasteiger partial charge in [-0.25, -0.2) is 9.78 Å². The van der Waals surface area contributed by atoms with Gasteiger partial charge in [0, 0.05) is 17.8 Å². The summed E-state index contributed by atoms with van der Waals surface area (Å²) in [5.74, 6) is 0.244. The van der Waals surface area contributed by atoms with Crippen LogP contribution in [0.2, 0.25) is 0 Å². The third kappa shape index (κ3) is 2.91. The van der Waals surface area contributed by atoms with Gasteiger partial charge in [0.1, 0.15) is 5.82 Å². The Bertz CT molecular complexity index is 903. The minimum absolute atomic E-state index is 0.0666. The Balaban J connectivity index is 2.28. The maximum absolute atomic E-state index is 13.0. The first-order valence-corrected chi connectivity index (χ1v) is 7.51. The van der Waals surface area contributed by atoms with E-state index in [1.807, 2.05) is 0 Å². The number of nitrogens with zero attached hydrogens (tertiary/aromatic N) is 3. The summed E-state index contributed by atoms with van der Waals surface area (Å²) in [5, 5.41) is 4.91. The van der Waals surface area contributed by atoms with Crippen molar-refractivity contribution < 1.29 is 13.2 Å². The Labute approximate surface area is 132 Å². The van der Waals surface area contributed by atoms with Gasteiger partial charge in [0.2, 0.25) is 0 Å². The molecule has 0 unspecified atom stereocenters. The summed E-state index contributed by atoms with van der Waals surface area (Å²) >= 11 is 1.35. The molecule has 0 aliphatic heterocycles. The zero-order chi connectivity index (χ0) is 16.6. The van der Waals surface area contributed by atoms with Crippen molar-refractivity contribution in [1.82, 2.24) is 14.5 Å². The molecule has 23 heavy (non-hydrogen) atoms. The van der Waals surface area contributed by atoms with E-state index in [1.54, 1.807) is 17.9 Å². The number of benzene rings is 1. The smallest absolute Gasteiger partial charge is 0.372 e. The highest BCUT2D eigenvalue weighted by Crippen LogP contribution is 2.32. The molecule has 0 saturated carbocycles. The molecule has 0 radical (unpaired) electrons. The van der Waals surface area contributed by atoms with Crippen LogP contribution in [0, 0.1) is 0 Å². The molecular formula is C14H11F3N4OS. The number of hydrogen-bond donors (Lipinski definition) is 1. The number of alkyl halides is 3. The second-order valence-corrected chi connectivity index (χ2v) is 5.51. The topological polar surface area (TPSA) is 59.8 Å². The Morgan fingerprint density at radius 2 is 2.13 bits per heavy atom. The van der Waals surface area contributed by atoms with Crippen LogP contribution in [0.4, 0.5) is 19.0 Å². The number of thiazole rings is 1. The Hall–Kier alpha value is -2.42. The quantitative estimate of drug-likeness (QED) is 0.796. The maximum atomic E-state index is 13.0. The third-order valence-corrected chi connectivity index (χ3v) is 3.98. The van der Waals surface area contributed by atoms with E-state index in [1.165, 1.54) is 22.0 Å². The molecule has 9 heteroatoms. The lowest BCUT2D eigenvalue weighted by molar-refractivity contribution is -0.137. The number of aromatic nitrogens is 3. The second kappa shape index (κ2) is 5.65. The van der Waals surface area contributed by atoms with Crippen LogP contribution in [0.25, 0.3) is 10.9 Å². The van der Waals surface area contributed by atoms with Crippen molar-refractivity contribution in [1.29, 1.82) is 0 Å². The zero-order valence-electron chi connectivity index (χ0n) is 11.9. The maximum Gasteiger partial charge on any atom is 0.416 e. The number of nitrogens with one attached hydrogen (secondary N) is 1. The summed E-state index contributed by atoms with van der Waals surface area (Å²) in [6.45, 7) is 0.0666. The summed E-state index contributed by atoms with van der Waals surface area (Å²) < 4.78 is 40.1. The van der Waals surface area contributed by atoms with Crippen molar-refractivity contribution in [3.8, 4) is 0 Å². The SMILES string of the molecule is CNc1nc(=O)n(Cc2cscn2)c2cc(C(F)(F)F)ccc12. The Kier molecular flexibility index (Phi) is 3.80. The van der Waals surface area contributed by atoms with Gasteiger partial charge >= 0.3 is 11.9 Å². The molecule has 0 bridgehead atoms. The first kappa shape index (κ1) is 15.5.